The molecule has 0 bridgehead atoms. The van der Waals surface area contributed by atoms with Crippen LogP contribution in [0.1, 0.15) is 37.5 Å². The first-order chi connectivity index (χ1) is 7.69. The molecule has 0 aromatic heterocycles. The summed E-state index contributed by atoms with van der Waals surface area (Å²) < 4.78 is 4.75. The summed E-state index contributed by atoms with van der Waals surface area (Å²) in [5, 5.41) is 9.67. The number of esters is 1. The first-order valence-electron chi connectivity index (χ1n) is 5.62. The molecule has 1 rings (SSSR count). The SMILES string of the molecule is CCCc1ccc(C(O)C(=O)OCC)cc1. The molecule has 1 aromatic rings. The first-order valence-corrected chi connectivity index (χ1v) is 5.62. The lowest BCUT2D eigenvalue weighted by atomic mass is 10.0. The second kappa shape index (κ2) is 6.28. The number of aryl methyl sites for hydroxylation is 1. The van der Waals surface area contributed by atoms with Crippen LogP contribution < -0.4 is 0 Å². The number of rotatable bonds is 5. The minimum Gasteiger partial charge on any atom is -0.464 e. The van der Waals surface area contributed by atoms with Gasteiger partial charge in [0.05, 0.1) is 6.61 Å². The standard InChI is InChI=1S/C13H18O3/c1-3-5-10-6-8-11(9-7-10)12(14)13(15)16-4-2/h6-9,12,14H,3-5H2,1-2H3. The maximum absolute atomic E-state index is 11.3. The van der Waals surface area contributed by atoms with E-state index in [4.69, 9.17) is 4.74 Å². The van der Waals surface area contributed by atoms with Gasteiger partial charge in [0, 0.05) is 0 Å². The Kier molecular flexibility index (Phi) is 4.99. The van der Waals surface area contributed by atoms with E-state index in [9.17, 15) is 9.90 Å². The van der Waals surface area contributed by atoms with Crippen molar-refractivity contribution >= 4 is 5.97 Å². The number of hydrogen-bond donors (Lipinski definition) is 1. The molecule has 0 radical (unpaired) electrons. The quantitative estimate of drug-likeness (QED) is 0.777. The molecule has 3 nitrogen and oxygen atoms in total. The Balaban J connectivity index is 2.69. The zero-order chi connectivity index (χ0) is 12.0. The van der Waals surface area contributed by atoms with Gasteiger partial charge < -0.3 is 9.84 Å². The predicted molar refractivity (Wildman–Crippen MR) is 62.0 cm³/mol. The lowest BCUT2D eigenvalue weighted by molar-refractivity contribution is -0.153. The van der Waals surface area contributed by atoms with Gasteiger partial charge in [0.25, 0.3) is 0 Å². The molecular weight excluding hydrogens is 204 g/mol. The van der Waals surface area contributed by atoms with Crippen LogP contribution >= 0.6 is 0 Å². The Morgan fingerprint density at radius 2 is 1.94 bits per heavy atom. The van der Waals surface area contributed by atoms with Crippen molar-refractivity contribution in [2.75, 3.05) is 6.61 Å². The van der Waals surface area contributed by atoms with Crippen LogP contribution in [-0.2, 0) is 16.0 Å². The van der Waals surface area contributed by atoms with Gasteiger partial charge in [-0.05, 0) is 24.5 Å². The smallest absolute Gasteiger partial charge is 0.339 e. The van der Waals surface area contributed by atoms with Gasteiger partial charge in [-0.1, -0.05) is 37.6 Å². The summed E-state index contributed by atoms with van der Waals surface area (Å²) in [6, 6.07) is 7.40. The highest BCUT2D eigenvalue weighted by atomic mass is 16.5. The largest absolute Gasteiger partial charge is 0.464 e. The van der Waals surface area contributed by atoms with Crippen molar-refractivity contribution in [3.05, 3.63) is 35.4 Å². The van der Waals surface area contributed by atoms with Crippen LogP contribution in [0.5, 0.6) is 0 Å². The van der Waals surface area contributed by atoms with Crippen LogP contribution in [0.25, 0.3) is 0 Å². The van der Waals surface area contributed by atoms with E-state index in [0.29, 0.717) is 5.56 Å². The third kappa shape index (κ3) is 3.35. The third-order valence-electron chi connectivity index (χ3n) is 2.34. The maximum Gasteiger partial charge on any atom is 0.339 e. The normalized spacial score (nSPS) is 12.2. The molecule has 16 heavy (non-hydrogen) atoms. The topological polar surface area (TPSA) is 46.5 Å². The second-order valence-corrected chi connectivity index (χ2v) is 3.65. The molecule has 0 heterocycles. The highest BCUT2D eigenvalue weighted by molar-refractivity contribution is 5.76. The van der Waals surface area contributed by atoms with Crippen LogP contribution in [0, 0.1) is 0 Å². The van der Waals surface area contributed by atoms with Gasteiger partial charge in [0.1, 0.15) is 0 Å². The summed E-state index contributed by atoms with van der Waals surface area (Å²) in [4.78, 5) is 11.3. The Bertz CT molecular complexity index is 330. The number of carbonyl (C=O) groups excluding carboxylic acids is 1. The van der Waals surface area contributed by atoms with Crippen molar-refractivity contribution in [1.82, 2.24) is 0 Å². The Morgan fingerprint density at radius 1 is 1.31 bits per heavy atom. The highest BCUT2D eigenvalue weighted by Gasteiger charge is 2.17. The number of hydrogen-bond acceptors (Lipinski definition) is 3. The minimum atomic E-state index is -1.17. The molecule has 3 heteroatoms. The molecule has 0 amide bonds. The Hall–Kier alpha value is -1.35. The molecule has 1 N–H and O–H groups in total. The van der Waals surface area contributed by atoms with Crippen molar-refractivity contribution < 1.29 is 14.6 Å². The van der Waals surface area contributed by atoms with Gasteiger partial charge in [-0.2, -0.15) is 0 Å². The van der Waals surface area contributed by atoms with Gasteiger partial charge >= 0.3 is 5.97 Å². The van der Waals surface area contributed by atoms with Crippen molar-refractivity contribution in [2.24, 2.45) is 0 Å². The van der Waals surface area contributed by atoms with Gasteiger partial charge in [-0.3, -0.25) is 0 Å². The van der Waals surface area contributed by atoms with E-state index in [2.05, 4.69) is 6.92 Å². The van der Waals surface area contributed by atoms with Crippen LogP contribution in [0.2, 0.25) is 0 Å². The number of aliphatic hydroxyl groups excluding tert-OH is 1. The van der Waals surface area contributed by atoms with Gasteiger partial charge in [0.2, 0.25) is 0 Å². The molecule has 1 aromatic carbocycles. The minimum absolute atomic E-state index is 0.282. The van der Waals surface area contributed by atoms with E-state index in [0.717, 1.165) is 12.8 Å². The monoisotopic (exact) mass is 222 g/mol. The molecule has 0 aliphatic heterocycles. The fraction of sp³-hybridized carbons (Fsp3) is 0.462. The lowest BCUT2D eigenvalue weighted by Crippen LogP contribution is -2.15. The lowest BCUT2D eigenvalue weighted by Gasteiger charge is -2.10. The van der Waals surface area contributed by atoms with E-state index in [1.807, 2.05) is 12.1 Å². The van der Waals surface area contributed by atoms with Crippen molar-refractivity contribution in [2.45, 2.75) is 32.8 Å². The fourth-order valence-corrected chi connectivity index (χ4v) is 1.51. The van der Waals surface area contributed by atoms with Crippen molar-refractivity contribution in [3.8, 4) is 0 Å². The first kappa shape index (κ1) is 12.7. The average molecular weight is 222 g/mol. The van der Waals surface area contributed by atoms with Crippen molar-refractivity contribution in [1.29, 1.82) is 0 Å². The predicted octanol–water partition coefficient (Wildman–Crippen LogP) is 2.24. The third-order valence-corrected chi connectivity index (χ3v) is 2.34. The molecule has 0 saturated heterocycles. The van der Waals surface area contributed by atoms with Gasteiger partial charge in [-0.15, -0.1) is 0 Å². The summed E-state index contributed by atoms with van der Waals surface area (Å²) >= 11 is 0. The van der Waals surface area contributed by atoms with Crippen LogP contribution in [0.4, 0.5) is 0 Å². The Morgan fingerprint density at radius 3 is 2.44 bits per heavy atom. The van der Waals surface area contributed by atoms with Crippen LogP contribution in [-0.4, -0.2) is 17.7 Å². The van der Waals surface area contributed by atoms with Crippen LogP contribution in [0.3, 0.4) is 0 Å². The summed E-state index contributed by atoms with van der Waals surface area (Å²) in [6.07, 6.45) is 0.922. The van der Waals surface area contributed by atoms with Crippen molar-refractivity contribution in [3.63, 3.8) is 0 Å². The molecule has 0 aliphatic rings. The fourth-order valence-electron chi connectivity index (χ4n) is 1.51. The van der Waals surface area contributed by atoms with Crippen LogP contribution in [0.15, 0.2) is 24.3 Å². The molecule has 0 fully saturated rings. The van der Waals surface area contributed by atoms with E-state index in [1.165, 1.54) is 5.56 Å². The molecule has 1 unspecified atom stereocenters. The van der Waals surface area contributed by atoms with Gasteiger partial charge in [0.15, 0.2) is 6.10 Å². The number of carbonyl (C=O) groups is 1. The van der Waals surface area contributed by atoms with E-state index >= 15 is 0 Å². The molecule has 0 saturated carbocycles. The summed E-state index contributed by atoms with van der Waals surface area (Å²) in [5.41, 5.74) is 1.79. The Labute approximate surface area is 96.1 Å². The molecule has 88 valence electrons. The van der Waals surface area contributed by atoms with Gasteiger partial charge in [-0.25, -0.2) is 4.79 Å². The summed E-state index contributed by atoms with van der Waals surface area (Å²) in [5.74, 6) is -0.592. The zero-order valence-corrected chi connectivity index (χ0v) is 9.77. The molecule has 1 atom stereocenters. The molecule has 0 aliphatic carbocycles. The highest BCUT2D eigenvalue weighted by Crippen LogP contribution is 2.16. The van der Waals surface area contributed by atoms with E-state index in [-0.39, 0.29) is 6.61 Å². The zero-order valence-electron chi connectivity index (χ0n) is 9.77. The second-order valence-electron chi connectivity index (χ2n) is 3.65. The van der Waals surface area contributed by atoms with E-state index in [1.54, 1.807) is 19.1 Å². The maximum atomic E-state index is 11.3. The van der Waals surface area contributed by atoms with E-state index < -0.39 is 12.1 Å². The number of ether oxygens (including phenoxy) is 1. The number of benzene rings is 1. The number of aliphatic hydroxyl groups is 1. The average Bonchev–Trinajstić information content (AvgIpc) is 2.30. The summed E-state index contributed by atoms with van der Waals surface area (Å²) in [6.45, 7) is 4.11. The summed E-state index contributed by atoms with van der Waals surface area (Å²) in [7, 11) is 0. The molecular formula is C13H18O3. The molecule has 0 spiro atoms.